The van der Waals surface area contributed by atoms with Crippen molar-refractivity contribution in [3.63, 3.8) is 0 Å². The van der Waals surface area contributed by atoms with Crippen LogP contribution in [0.15, 0.2) is 24.3 Å². The van der Waals surface area contributed by atoms with Gasteiger partial charge in [-0.3, -0.25) is 4.79 Å². The molecule has 1 heterocycles. The minimum absolute atomic E-state index is 0.214. The fourth-order valence-electron chi connectivity index (χ4n) is 2.00. The lowest BCUT2D eigenvalue weighted by molar-refractivity contribution is -0.131. The molecule has 1 unspecified atom stereocenters. The van der Waals surface area contributed by atoms with Gasteiger partial charge in [-0.2, -0.15) is 0 Å². The number of carbonyl (C=O) groups is 1. The Hall–Kier alpha value is -0.800. The summed E-state index contributed by atoms with van der Waals surface area (Å²) in [5, 5.41) is 0. The first-order valence-corrected chi connectivity index (χ1v) is 6.99. The highest BCUT2D eigenvalue weighted by atomic mass is 35.5. The SMILES string of the molecule is CN(Cc1ccc(Cl)s1)C(=O)CC1C=CCC1. The third-order valence-electron chi connectivity index (χ3n) is 3.00. The molecule has 92 valence electrons. The van der Waals surface area contributed by atoms with Crippen molar-refractivity contribution in [2.75, 3.05) is 7.05 Å². The van der Waals surface area contributed by atoms with Crippen LogP contribution in [0.1, 0.15) is 24.1 Å². The molecule has 0 saturated heterocycles. The van der Waals surface area contributed by atoms with Gasteiger partial charge in [0.15, 0.2) is 0 Å². The van der Waals surface area contributed by atoms with Gasteiger partial charge in [0.1, 0.15) is 0 Å². The number of halogens is 1. The van der Waals surface area contributed by atoms with Crippen molar-refractivity contribution in [1.29, 1.82) is 0 Å². The molecule has 4 heteroatoms. The summed E-state index contributed by atoms with van der Waals surface area (Å²) in [4.78, 5) is 14.9. The van der Waals surface area contributed by atoms with Gasteiger partial charge in [0.25, 0.3) is 0 Å². The lowest BCUT2D eigenvalue weighted by Crippen LogP contribution is -2.27. The van der Waals surface area contributed by atoms with Crippen molar-refractivity contribution >= 4 is 28.8 Å². The standard InChI is InChI=1S/C13H16ClNOS/c1-15(9-11-6-7-12(14)17-11)13(16)8-10-4-2-3-5-10/h2,4,6-7,10H,3,5,8-9H2,1H3. The number of hydrogen-bond donors (Lipinski definition) is 0. The lowest BCUT2D eigenvalue weighted by Gasteiger charge is -2.18. The molecule has 0 spiro atoms. The monoisotopic (exact) mass is 269 g/mol. The first-order chi connectivity index (χ1) is 8.15. The summed E-state index contributed by atoms with van der Waals surface area (Å²) in [7, 11) is 1.86. The van der Waals surface area contributed by atoms with Crippen molar-refractivity contribution < 1.29 is 4.79 Å². The summed E-state index contributed by atoms with van der Waals surface area (Å²) in [6.45, 7) is 0.659. The molecule has 1 aromatic heterocycles. The number of carbonyl (C=O) groups excluding carboxylic acids is 1. The van der Waals surface area contributed by atoms with Crippen LogP contribution in [0.3, 0.4) is 0 Å². The van der Waals surface area contributed by atoms with E-state index in [1.807, 2.05) is 19.2 Å². The second kappa shape index (κ2) is 5.69. The fourth-order valence-corrected chi connectivity index (χ4v) is 3.15. The summed E-state index contributed by atoms with van der Waals surface area (Å²) in [6.07, 6.45) is 7.18. The Morgan fingerprint density at radius 1 is 1.59 bits per heavy atom. The van der Waals surface area contributed by atoms with Crippen molar-refractivity contribution in [3.8, 4) is 0 Å². The highest BCUT2D eigenvalue weighted by molar-refractivity contribution is 7.16. The maximum Gasteiger partial charge on any atom is 0.223 e. The molecule has 1 aliphatic carbocycles. The summed E-state index contributed by atoms with van der Waals surface area (Å²) in [5.74, 6) is 0.656. The first-order valence-electron chi connectivity index (χ1n) is 5.80. The van der Waals surface area contributed by atoms with Crippen LogP contribution in [0.4, 0.5) is 0 Å². The van der Waals surface area contributed by atoms with E-state index >= 15 is 0 Å². The van der Waals surface area contributed by atoms with Crippen molar-refractivity contribution in [1.82, 2.24) is 4.90 Å². The second-order valence-electron chi connectivity index (χ2n) is 4.43. The topological polar surface area (TPSA) is 20.3 Å². The van der Waals surface area contributed by atoms with Gasteiger partial charge < -0.3 is 4.90 Å². The van der Waals surface area contributed by atoms with E-state index in [4.69, 9.17) is 11.6 Å². The number of allylic oxidation sites excluding steroid dienone is 2. The van der Waals surface area contributed by atoms with Crippen LogP contribution < -0.4 is 0 Å². The summed E-state index contributed by atoms with van der Waals surface area (Å²) < 4.78 is 0.777. The quantitative estimate of drug-likeness (QED) is 0.763. The molecule has 1 aliphatic rings. The van der Waals surface area contributed by atoms with E-state index in [0.717, 1.165) is 22.1 Å². The molecule has 0 radical (unpaired) electrons. The Labute approximate surface area is 111 Å². The zero-order chi connectivity index (χ0) is 12.3. The van der Waals surface area contributed by atoms with Crippen LogP contribution in [-0.2, 0) is 11.3 Å². The highest BCUT2D eigenvalue weighted by Gasteiger charge is 2.17. The van der Waals surface area contributed by atoms with Crippen molar-refractivity contribution in [2.45, 2.75) is 25.8 Å². The van der Waals surface area contributed by atoms with Gasteiger partial charge in [0.2, 0.25) is 5.91 Å². The normalized spacial score (nSPS) is 18.6. The van der Waals surface area contributed by atoms with Crippen LogP contribution in [-0.4, -0.2) is 17.9 Å². The molecule has 1 aromatic rings. The summed E-state index contributed by atoms with van der Waals surface area (Å²) in [6, 6.07) is 3.85. The lowest BCUT2D eigenvalue weighted by atomic mass is 10.0. The second-order valence-corrected chi connectivity index (χ2v) is 6.22. The van der Waals surface area contributed by atoms with Crippen molar-refractivity contribution in [2.24, 2.45) is 5.92 Å². The average Bonchev–Trinajstić information content (AvgIpc) is 2.90. The number of rotatable bonds is 4. The van der Waals surface area contributed by atoms with Gasteiger partial charge in [-0.05, 0) is 30.9 Å². The smallest absolute Gasteiger partial charge is 0.223 e. The van der Waals surface area contributed by atoms with Gasteiger partial charge in [0.05, 0.1) is 10.9 Å². The van der Waals surface area contributed by atoms with Gasteiger partial charge in [-0.15, -0.1) is 11.3 Å². The molecular weight excluding hydrogens is 254 g/mol. The Balaban J connectivity index is 1.84. The van der Waals surface area contributed by atoms with Crippen LogP contribution in [0.5, 0.6) is 0 Å². The van der Waals surface area contributed by atoms with Crippen molar-refractivity contribution in [3.05, 3.63) is 33.5 Å². The Bertz CT molecular complexity index is 427. The number of hydrogen-bond acceptors (Lipinski definition) is 2. The van der Waals surface area contributed by atoms with E-state index < -0.39 is 0 Å². The van der Waals surface area contributed by atoms with E-state index in [1.165, 1.54) is 11.3 Å². The van der Waals surface area contributed by atoms with Gasteiger partial charge in [-0.1, -0.05) is 23.8 Å². The molecule has 0 saturated carbocycles. The molecule has 0 aliphatic heterocycles. The molecule has 1 atom stereocenters. The number of nitrogens with zero attached hydrogens (tertiary/aromatic N) is 1. The summed E-state index contributed by atoms with van der Waals surface area (Å²) >= 11 is 7.40. The molecule has 2 nitrogen and oxygen atoms in total. The molecule has 0 bridgehead atoms. The minimum Gasteiger partial charge on any atom is -0.341 e. The van der Waals surface area contributed by atoms with E-state index in [2.05, 4.69) is 12.2 Å². The summed E-state index contributed by atoms with van der Waals surface area (Å²) in [5.41, 5.74) is 0. The molecule has 17 heavy (non-hydrogen) atoms. The molecule has 0 fully saturated rings. The minimum atomic E-state index is 0.214. The Morgan fingerprint density at radius 2 is 2.41 bits per heavy atom. The molecular formula is C13H16ClNOS. The van der Waals surface area contributed by atoms with Crippen LogP contribution in [0.25, 0.3) is 0 Å². The van der Waals surface area contributed by atoms with Gasteiger partial charge >= 0.3 is 0 Å². The van der Waals surface area contributed by atoms with Gasteiger partial charge in [-0.25, -0.2) is 0 Å². The predicted octanol–water partition coefficient (Wildman–Crippen LogP) is 3.72. The predicted molar refractivity (Wildman–Crippen MR) is 72.3 cm³/mol. The number of thiophene rings is 1. The molecule has 0 aromatic carbocycles. The molecule has 2 rings (SSSR count). The van der Waals surface area contributed by atoms with E-state index in [9.17, 15) is 4.79 Å². The largest absolute Gasteiger partial charge is 0.341 e. The van der Waals surface area contributed by atoms with E-state index in [1.54, 1.807) is 4.90 Å². The fraction of sp³-hybridized carbons (Fsp3) is 0.462. The maximum absolute atomic E-state index is 12.0. The van der Waals surface area contributed by atoms with E-state index in [0.29, 0.717) is 18.9 Å². The maximum atomic E-state index is 12.0. The zero-order valence-corrected chi connectivity index (χ0v) is 11.4. The third-order valence-corrected chi connectivity index (χ3v) is 4.21. The average molecular weight is 270 g/mol. The molecule has 1 amide bonds. The molecule has 0 N–H and O–H groups in total. The Kier molecular flexibility index (Phi) is 4.24. The van der Waals surface area contributed by atoms with Crippen LogP contribution in [0, 0.1) is 5.92 Å². The van der Waals surface area contributed by atoms with Crippen LogP contribution in [0.2, 0.25) is 4.34 Å². The van der Waals surface area contributed by atoms with E-state index in [-0.39, 0.29) is 5.91 Å². The third kappa shape index (κ3) is 3.58. The Morgan fingerprint density at radius 3 is 3.00 bits per heavy atom. The highest BCUT2D eigenvalue weighted by Crippen LogP contribution is 2.24. The first kappa shape index (κ1) is 12.7. The number of amides is 1. The van der Waals surface area contributed by atoms with Gasteiger partial charge in [0, 0.05) is 18.3 Å². The zero-order valence-electron chi connectivity index (χ0n) is 9.86. The van der Waals surface area contributed by atoms with Crippen LogP contribution >= 0.6 is 22.9 Å².